The number of oxazole rings is 1. The lowest BCUT2D eigenvalue weighted by molar-refractivity contribution is 0.482. The summed E-state index contributed by atoms with van der Waals surface area (Å²) in [5.41, 5.74) is 1.74. The smallest absolute Gasteiger partial charge is 0.196 e. The molecule has 0 amide bonds. The molecule has 0 spiro atoms. The number of halogens is 1. The fraction of sp³-hybridized carbons (Fsp3) is 0.438. The summed E-state index contributed by atoms with van der Waals surface area (Å²) in [5, 5.41) is 3.34. The van der Waals surface area contributed by atoms with E-state index >= 15 is 0 Å². The maximum atomic E-state index is 13.3. The van der Waals surface area contributed by atoms with Gasteiger partial charge in [0.1, 0.15) is 5.82 Å². The lowest BCUT2D eigenvalue weighted by atomic mass is 10.1. The summed E-state index contributed by atoms with van der Waals surface area (Å²) in [7, 11) is 0. The predicted molar refractivity (Wildman–Crippen MR) is 78.0 cm³/mol. The highest BCUT2D eigenvalue weighted by Gasteiger charge is 2.09. The molecule has 0 saturated carbocycles. The van der Waals surface area contributed by atoms with Crippen molar-refractivity contribution >= 4 is 0 Å². The Balaban J connectivity index is 2.00. The third-order valence-corrected chi connectivity index (χ3v) is 3.09. The third-order valence-electron chi connectivity index (χ3n) is 3.09. The molecular formula is C16H21FN2O. The van der Waals surface area contributed by atoms with E-state index < -0.39 is 0 Å². The van der Waals surface area contributed by atoms with Gasteiger partial charge >= 0.3 is 0 Å². The number of nitrogens with zero attached hydrogens (tertiary/aromatic N) is 1. The van der Waals surface area contributed by atoms with E-state index in [1.54, 1.807) is 12.3 Å². The highest BCUT2D eigenvalue weighted by atomic mass is 19.1. The molecule has 1 aromatic carbocycles. The summed E-state index contributed by atoms with van der Waals surface area (Å²) in [6.45, 7) is 8.09. The van der Waals surface area contributed by atoms with E-state index in [1.165, 1.54) is 12.1 Å². The monoisotopic (exact) mass is 276 g/mol. The molecule has 0 fully saturated rings. The van der Waals surface area contributed by atoms with Gasteiger partial charge in [0.2, 0.25) is 0 Å². The van der Waals surface area contributed by atoms with Crippen molar-refractivity contribution in [3.8, 4) is 11.3 Å². The second kappa shape index (κ2) is 6.66. The van der Waals surface area contributed by atoms with Crippen molar-refractivity contribution in [3.63, 3.8) is 0 Å². The molecule has 1 aromatic heterocycles. The Morgan fingerprint density at radius 1 is 1.35 bits per heavy atom. The van der Waals surface area contributed by atoms with Crippen LogP contribution in [0, 0.1) is 18.7 Å². The van der Waals surface area contributed by atoms with E-state index in [-0.39, 0.29) is 5.82 Å². The van der Waals surface area contributed by atoms with E-state index in [2.05, 4.69) is 24.1 Å². The van der Waals surface area contributed by atoms with Crippen molar-refractivity contribution in [2.75, 3.05) is 13.1 Å². The largest absolute Gasteiger partial charge is 0.441 e. The van der Waals surface area contributed by atoms with Crippen molar-refractivity contribution in [1.29, 1.82) is 0 Å². The van der Waals surface area contributed by atoms with Gasteiger partial charge in [-0.15, -0.1) is 0 Å². The van der Waals surface area contributed by atoms with Crippen LogP contribution in [0.4, 0.5) is 4.39 Å². The molecule has 1 heterocycles. The number of aryl methyl sites for hydroxylation is 1. The Morgan fingerprint density at radius 2 is 2.15 bits per heavy atom. The van der Waals surface area contributed by atoms with Gasteiger partial charge < -0.3 is 9.73 Å². The van der Waals surface area contributed by atoms with Crippen LogP contribution in [-0.2, 0) is 6.42 Å². The number of hydrogen-bond acceptors (Lipinski definition) is 3. The first kappa shape index (κ1) is 14.7. The first-order valence-electron chi connectivity index (χ1n) is 6.98. The van der Waals surface area contributed by atoms with E-state index in [1.807, 2.05) is 6.92 Å². The van der Waals surface area contributed by atoms with E-state index in [0.717, 1.165) is 30.6 Å². The fourth-order valence-electron chi connectivity index (χ4n) is 2.00. The van der Waals surface area contributed by atoms with Gasteiger partial charge in [0, 0.05) is 18.5 Å². The Labute approximate surface area is 119 Å². The van der Waals surface area contributed by atoms with Crippen LogP contribution in [-0.4, -0.2) is 18.1 Å². The van der Waals surface area contributed by atoms with Gasteiger partial charge in [0.25, 0.3) is 0 Å². The van der Waals surface area contributed by atoms with Gasteiger partial charge in [0.15, 0.2) is 11.7 Å². The molecule has 108 valence electrons. The topological polar surface area (TPSA) is 38.1 Å². The summed E-state index contributed by atoms with van der Waals surface area (Å²) in [5.74, 6) is 1.67. The second-order valence-electron chi connectivity index (χ2n) is 5.43. The zero-order valence-electron chi connectivity index (χ0n) is 12.2. The van der Waals surface area contributed by atoms with E-state index in [4.69, 9.17) is 4.42 Å². The van der Waals surface area contributed by atoms with Crippen molar-refractivity contribution in [2.45, 2.75) is 27.2 Å². The highest BCUT2D eigenvalue weighted by molar-refractivity contribution is 5.61. The van der Waals surface area contributed by atoms with Crippen LogP contribution in [0.1, 0.15) is 25.3 Å². The van der Waals surface area contributed by atoms with Crippen LogP contribution < -0.4 is 5.32 Å². The first-order chi connectivity index (χ1) is 9.56. The van der Waals surface area contributed by atoms with Crippen LogP contribution >= 0.6 is 0 Å². The highest BCUT2D eigenvalue weighted by Crippen LogP contribution is 2.25. The Morgan fingerprint density at radius 3 is 2.90 bits per heavy atom. The molecule has 20 heavy (non-hydrogen) atoms. The molecule has 3 nitrogen and oxygen atoms in total. The zero-order chi connectivity index (χ0) is 14.5. The Bertz CT molecular complexity index is 563. The van der Waals surface area contributed by atoms with Crippen molar-refractivity contribution in [2.24, 2.45) is 5.92 Å². The average molecular weight is 276 g/mol. The Hall–Kier alpha value is -1.68. The van der Waals surface area contributed by atoms with Gasteiger partial charge in [-0.3, -0.25) is 0 Å². The molecule has 0 unspecified atom stereocenters. The van der Waals surface area contributed by atoms with Gasteiger partial charge in [0.05, 0.1) is 6.20 Å². The molecule has 0 aliphatic heterocycles. The number of aromatic nitrogens is 1. The maximum absolute atomic E-state index is 13.3. The number of nitrogens with one attached hydrogen (secondary N) is 1. The molecule has 0 atom stereocenters. The molecule has 0 bridgehead atoms. The molecule has 0 aliphatic rings. The summed E-state index contributed by atoms with van der Waals surface area (Å²) in [6, 6.07) is 4.68. The van der Waals surface area contributed by atoms with E-state index in [9.17, 15) is 4.39 Å². The number of rotatable bonds is 6. The fourth-order valence-corrected chi connectivity index (χ4v) is 2.00. The minimum absolute atomic E-state index is 0.262. The van der Waals surface area contributed by atoms with Gasteiger partial charge in [-0.25, -0.2) is 9.37 Å². The number of hydrogen-bond donors (Lipinski definition) is 1. The molecule has 0 aliphatic carbocycles. The molecule has 4 heteroatoms. The first-order valence-corrected chi connectivity index (χ1v) is 6.98. The van der Waals surface area contributed by atoms with Gasteiger partial charge in [-0.2, -0.15) is 0 Å². The summed E-state index contributed by atoms with van der Waals surface area (Å²) >= 11 is 0. The van der Waals surface area contributed by atoms with Gasteiger partial charge in [-0.05, 0) is 37.1 Å². The van der Waals surface area contributed by atoms with Crippen molar-refractivity contribution < 1.29 is 8.81 Å². The van der Waals surface area contributed by atoms with E-state index in [0.29, 0.717) is 17.6 Å². The quantitative estimate of drug-likeness (QED) is 0.820. The second-order valence-corrected chi connectivity index (χ2v) is 5.43. The minimum atomic E-state index is -0.262. The van der Waals surface area contributed by atoms with Crippen molar-refractivity contribution in [1.82, 2.24) is 10.3 Å². The van der Waals surface area contributed by atoms with Crippen LogP contribution in [0.2, 0.25) is 0 Å². The molecule has 0 saturated heterocycles. The molecule has 2 aromatic rings. The standard InChI is InChI=1S/C16H21FN2O/c1-11(2)9-18-7-6-16-19-10-15(20-16)14-8-13(17)5-4-12(14)3/h4-5,8,10-11,18H,6-7,9H2,1-3H3. The minimum Gasteiger partial charge on any atom is -0.441 e. The summed E-state index contributed by atoms with van der Waals surface area (Å²) in [4.78, 5) is 4.25. The van der Waals surface area contributed by atoms with Crippen molar-refractivity contribution in [3.05, 3.63) is 41.7 Å². The maximum Gasteiger partial charge on any atom is 0.196 e. The molecule has 2 rings (SSSR count). The molecule has 1 N–H and O–H groups in total. The van der Waals surface area contributed by atoms with Crippen LogP contribution in [0.5, 0.6) is 0 Å². The van der Waals surface area contributed by atoms with Crippen LogP contribution in [0.3, 0.4) is 0 Å². The van der Waals surface area contributed by atoms with Crippen LogP contribution in [0.25, 0.3) is 11.3 Å². The zero-order valence-corrected chi connectivity index (χ0v) is 12.2. The summed E-state index contributed by atoms with van der Waals surface area (Å²) < 4.78 is 19.0. The SMILES string of the molecule is Cc1ccc(F)cc1-c1cnc(CCNCC(C)C)o1. The normalized spacial score (nSPS) is 11.2. The summed E-state index contributed by atoms with van der Waals surface area (Å²) in [6.07, 6.45) is 2.40. The number of benzene rings is 1. The van der Waals surface area contributed by atoms with Crippen LogP contribution in [0.15, 0.2) is 28.8 Å². The lowest BCUT2D eigenvalue weighted by Gasteiger charge is -2.05. The van der Waals surface area contributed by atoms with Gasteiger partial charge in [-0.1, -0.05) is 19.9 Å². The molecule has 0 radical (unpaired) electrons. The third kappa shape index (κ3) is 3.90. The predicted octanol–water partition coefficient (Wildman–Crippen LogP) is 3.58. The Kier molecular flexibility index (Phi) is 4.90. The lowest BCUT2D eigenvalue weighted by Crippen LogP contribution is -2.22. The average Bonchev–Trinajstić information content (AvgIpc) is 2.86. The molecular weight excluding hydrogens is 255 g/mol.